The number of H-pyrrole nitrogens is 1. The summed E-state index contributed by atoms with van der Waals surface area (Å²) >= 11 is 5.31. The Morgan fingerprint density at radius 3 is 2.94 bits per heavy atom. The number of hydrogen-bond donors (Lipinski definition) is 2. The van der Waals surface area contributed by atoms with Crippen LogP contribution in [-0.2, 0) is 6.61 Å². The Hall–Kier alpha value is -0.610. The van der Waals surface area contributed by atoms with E-state index in [-0.39, 0.29) is 6.61 Å². The number of nitrogens with one attached hydrogen (secondary N) is 1. The maximum atomic E-state index is 9.33. The quantitative estimate of drug-likeness (QED) is 0.780. The second-order valence-electron chi connectivity index (χ2n) is 4.95. The van der Waals surface area contributed by atoms with Gasteiger partial charge in [-0.3, -0.25) is 0 Å². The molecule has 1 aromatic heterocycles. The standard InChI is InChI=1S/C12H20N2OS/c1-8-4-3-5-11(9(8)2)14-10(7-15)6-13-12(14)16/h6,8-9,11,15H,3-5,7H2,1-2H3,(H,13,16). The Morgan fingerprint density at radius 1 is 1.50 bits per heavy atom. The largest absolute Gasteiger partial charge is 0.390 e. The molecular weight excluding hydrogens is 220 g/mol. The Morgan fingerprint density at radius 2 is 2.25 bits per heavy atom. The predicted molar refractivity (Wildman–Crippen MR) is 66.8 cm³/mol. The molecule has 16 heavy (non-hydrogen) atoms. The van der Waals surface area contributed by atoms with E-state index in [0.29, 0.717) is 12.0 Å². The van der Waals surface area contributed by atoms with Gasteiger partial charge in [-0.1, -0.05) is 26.7 Å². The summed E-state index contributed by atoms with van der Waals surface area (Å²) in [5.41, 5.74) is 0.913. The minimum Gasteiger partial charge on any atom is -0.390 e. The van der Waals surface area contributed by atoms with Crippen molar-refractivity contribution >= 4 is 12.2 Å². The van der Waals surface area contributed by atoms with Gasteiger partial charge in [0.15, 0.2) is 4.77 Å². The van der Waals surface area contributed by atoms with Gasteiger partial charge in [-0.2, -0.15) is 0 Å². The summed E-state index contributed by atoms with van der Waals surface area (Å²) < 4.78 is 2.87. The van der Waals surface area contributed by atoms with Crippen molar-refractivity contribution in [1.29, 1.82) is 0 Å². The van der Waals surface area contributed by atoms with Crippen LogP contribution in [0.2, 0.25) is 0 Å². The first-order valence-electron chi connectivity index (χ1n) is 6.04. The van der Waals surface area contributed by atoms with Crippen LogP contribution in [0.3, 0.4) is 0 Å². The molecule has 0 spiro atoms. The molecule has 3 atom stereocenters. The van der Waals surface area contributed by atoms with E-state index < -0.39 is 0 Å². The third-order valence-electron chi connectivity index (χ3n) is 4.05. The first-order chi connectivity index (χ1) is 7.65. The van der Waals surface area contributed by atoms with Gasteiger partial charge in [0.2, 0.25) is 0 Å². The smallest absolute Gasteiger partial charge is 0.177 e. The zero-order chi connectivity index (χ0) is 11.7. The second kappa shape index (κ2) is 4.72. The zero-order valence-corrected chi connectivity index (χ0v) is 10.8. The third kappa shape index (κ3) is 1.96. The number of nitrogens with zero attached hydrogens (tertiary/aromatic N) is 1. The van der Waals surface area contributed by atoms with E-state index in [1.807, 2.05) is 6.20 Å². The molecular formula is C12H20N2OS. The fourth-order valence-corrected chi connectivity index (χ4v) is 3.13. The van der Waals surface area contributed by atoms with E-state index in [9.17, 15) is 5.11 Å². The molecule has 0 aliphatic heterocycles. The van der Waals surface area contributed by atoms with Crippen LogP contribution >= 0.6 is 12.2 Å². The summed E-state index contributed by atoms with van der Waals surface area (Å²) in [6.07, 6.45) is 5.57. The van der Waals surface area contributed by atoms with Crippen molar-refractivity contribution in [3.8, 4) is 0 Å². The van der Waals surface area contributed by atoms with Crippen LogP contribution in [0.1, 0.15) is 44.8 Å². The topological polar surface area (TPSA) is 41.0 Å². The third-order valence-corrected chi connectivity index (χ3v) is 4.36. The Labute approximate surface area is 102 Å². The van der Waals surface area contributed by atoms with Gasteiger partial charge < -0.3 is 14.7 Å². The molecule has 4 heteroatoms. The van der Waals surface area contributed by atoms with Crippen molar-refractivity contribution < 1.29 is 5.11 Å². The monoisotopic (exact) mass is 240 g/mol. The van der Waals surface area contributed by atoms with Crippen molar-refractivity contribution in [2.75, 3.05) is 0 Å². The molecule has 0 saturated heterocycles. The summed E-state index contributed by atoms with van der Waals surface area (Å²) in [6, 6.07) is 0.449. The highest BCUT2D eigenvalue weighted by Gasteiger charge is 2.29. The minimum absolute atomic E-state index is 0.0603. The first-order valence-corrected chi connectivity index (χ1v) is 6.45. The summed E-state index contributed by atoms with van der Waals surface area (Å²) in [5, 5.41) is 9.33. The molecule has 2 N–H and O–H groups in total. The molecule has 1 heterocycles. The molecule has 1 aliphatic carbocycles. The van der Waals surface area contributed by atoms with Gasteiger partial charge in [-0.05, 0) is 30.5 Å². The van der Waals surface area contributed by atoms with E-state index in [0.717, 1.165) is 16.4 Å². The number of rotatable bonds is 2. The summed E-state index contributed by atoms with van der Waals surface area (Å²) in [5.74, 6) is 1.36. The van der Waals surface area contributed by atoms with Crippen molar-refractivity contribution in [2.45, 2.75) is 45.8 Å². The number of aromatic nitrogens is 2. The molecule has 1 fully saturated rings. The van der Waals surface area contributed by atoms with Gasteiger partial charge in [-0.25, -0.2) is 0 Å². The minimum atomic E-state index is 0.0603. The van der Waals surface area contributed by atoms with Gasteiger partial charge in [0.05, 0.1) is 12.3 Å². The summed E-state index contributed by atoms with van der Waals surface area (Å²) in [4.78, 5) is 3.04. The summed E-state index contributed by atoms with van der Waals surface area (Å²) in [7, 11) is 0. The highest BCUT2D eigenvalue weighted by Crippen LogP contribution is 2.38. The molecule has 1 saturated carbocycles. The molecule has 1 aliphatic rings. The molecule has 0 amide bonds. The molecule has 0 bridgehead atoms. The first kappa shape index (κ1) is 11.9. The fraction of sp³-hybridized carbons (Fsp3) is 0.750. The lowest BCUT2D eigenvalue weighted by molar-refractivity contribution is 0.173. The molecule has 2 rings (SSSR count). The maximum Gasteiger partial charge on any atom is 0.177 e. The number of imidazole rings is 1. The molecule has 3 nitrogen and oxygen atoms in total. The number of aliphatic hydroxyl groups is 1. The van der Waals surface area contributed by atoms with E-state index in [1.165, 1.54) is 19.3 Å². The lowest BCUT2D eigenvalue weighted by Crippen LogP contribution is -2.28. The molecule has 0 aromatic carbocycles. The predicted octanol–water partition coefficient (Wildman–Crippen LogP) is 3.04. The fourth-order valence-electron chi connectivity index (χ4n) is 2.82. The Bertz CT molecular complexity index is 409. The van der Waals surface area contributed by atoms with Gasteiger partial charge >= 0.3 is 0 Å². The van der Waals surface area contributed by atoms with Crippen LogP contribution in [0.5, 0.6) is 0 Å². The van der Waals surface area contributed by atoms with Crippen molar-refractivity contribution in [2.24, 2.45) is 11.8 Å². The number of aromatic amines is 1. The normalized spacial score (nSPS) is 30.6. The zero-order valence-electron chi connectivity index (χ0n) is 9.94. The average Bonchev–Trinajstić information content (AvgIpc) is 2.64. The molecule has 90 valence electrons. The SMILES string of the molecule is CC1CCCC(n2c(CO)c[nH]c2=S)C1C. The van der Waals surface area contributed by atoms with E-state index >= 15 is 0 Å². The van der Waals surface area contributed by atoms with E-state index in [4.69, 9.17) is 12.2 Å². The van der Waals surface area contributed by atoms with Crippen molar-refractivity contribution in [1.82, 2.24) is 9.55 Å². The van der Waals surface area contributed by atoms with Crippen LogP contribution in [0.25, 0.3) is 0 Å². The summed E-state index contributed by atoms with van der Waals surface area (Å²) in [6.45, 7) is 4.67. The number of hydrogen-bond acceptors (Lipinski definition) is 2. The van der Waals surface area contributed by atoms with E-state index in [2.05, 4.69) is 23.4 Å². The van der Waals surface area contributed by atoms with Crippen LogP contribution in [0, 0.1) is 16.6 Å². The lowest BCUT2D eigenvalue weighted by Gasteiger charge is -2.35. The maximum absolute atomic E-state index is 9.33. The highest BCUT2D eigenvalue weighted by atomic mass is 32.1. The van der Waals surface area contributed by atoms with Gasteiger partial charge in [0.1, 0.15) is 0 Å². The average molecular weight is 240 g/mol. The molecule has 0 radical (unpaired) electrons. The van der Waals surface area contributed by atoms with Crippen LogP contribution in [-0.4, -0.2) is 14.7 Å². The molecule has 3 unspecified atom stereocenters. The van der Waals surface area contributed by atoms with Crippen molar-refractivity contribution in [3.05, 3.63) is 16.7 Å². The van der Waals surface area contributed by atoms with E-state index in [1.54, 1.807) is 0 Å². The van der Waals surface area contributed by atoms with Gasteiger partial charge in [0, 0.05) is 12.2 Å². The van der Waals surface area contributed by atoms with Crippen LogP contribution < -0.4 is 0 Å². The highest BCUT2D eigenvalue weighted by molar-refractivity contribution is 7.71. The second-order valence-corrected chi connectivity index (χ2v) is 5.33. The molecule has 1 aromatic rings. The Balaban J connectivity index is 2.35. The Kier molecular flexibility index (Phi) is 3.50. The van der Waals surface area contributed by atoms with Gasteiger partial charge in [-0.15, -0.1) is 0 Å². The van der Waals surface area contributed by atoms with Crippen LogP contribution in [0.15, 0.2) is 6.20 Å². The van der Waals surface area contributed by atoms with Crippen molar-refractivity contribution in [3.63, 3.8) is 0 Å². The van der Waals surface area contributed by atoms with Crippen LogP contribution in [0.4, 0.5) is 0 Å². The number of aliphatic hydroxyl groups excluding tert-OH is 1. The van der Waals surface area contributed by atoms with Gasteiger partial charge in [0.25, 0.3) is 0 Å². The lowest BCUT2D eigenvalue weighted by atomic mass is 9.78.